The van der Waals surface area contributed by atoms with E-state index in [-0.39, 0.29) is 0 Å². The summed E-state index contributed by atoms with van der Waals surface area (Å²) >= 11 is 0. The van der Waals surface area contributed by atoms with Crippen molar-refractivity contribution in [1.82, 2.24) is 9.88 Å². The van der Waals surface area contributed by atoms with Gasteiger partial charge in [-0.05, 0) is 42.2 Å². The zero-order valence-electron chi connectivity index (χ0n) is 13.7. The van der Waals surface area contributed by atoms with E-state index in [0.29, 0.717) is 5.75 Å². The Morgan fingerprint density at radius 2 is 1.92 bits per heavy atom. The van der Waals surface area contributed by atoms with Gasteiger partial charge in [0.1, 0.15) is 5.75 Å². The van der Waals surface area contributed by atoms with Gasteiger partial charge in [-0.25, -0.2) is 0 Å². The second kappa shape index (κ2) is 6.54. The first-order valence-electron chi connectivity index (χ1n) is 8.56. The van der Waals surface area contributed by atoms with Gasteiger partial charge in [0.25, 0.3) is 0 Å². The summed E-state index contributed by atoms with van der Waals surface area (Å²) in [4.78, 5) is 5.67. The van der Waals surface area contributed by atoms with Gasteiger partial charge in [-0.3, -0.25) is 4.90 Å². The third-order valence-electron chi connectivity index (χ3n) is 4.94. The van der Waals surface area contributed by atoms with Crippen molar-refractivity contribution in [2.45, 2.75) is 12.8 Å². The molecule has 0 aliphatic carbocycles. The number of phenolic OH excluding ortho intramolecular Hbond substituents is 1. The molecule has 0 fully saturated rings. The molecule has 0 atom stereocenters. The zero-order chi connectivity index (χ0) is 16.4. The molecule has 1 aliphatic heterocycles. The zero-order valence-corrected chi connectivity index (χ0v) is 13.7. The number of aromatic amines is 1. The lowest BCUT2D eigenvalue weighted by Crippen LogP contribution is -2.30. The molecule has 3 heteroatoms. The summed E-state index contributed by atoms with van der Waals surface area (Å²) in [6.07, 6.45) is 6.23. The molecular weight excluding hydrogens is 296 g/mol. The maximum Gasteiger partial charge on any atom is 0.119 e. The molecule has 3 aromatic rings. The SMILES string of the molecule is Oc1ccc2[nH]ccc2c1CCN1CC=C(c2ccccc2)CC1. The maximum atomic E-state index is 10.2. The van der Waals surface area contributed by atoms with Crippen molar-refractivity contribution < 1.29 is 5.11 Å². The lowest BCUT2D eigenvalue weighted by atomic mass is 9.99. The van der Waals surface area contributed by atoms with Crippen molar-refractivity contribution in [3.63, 3.8) is 0 Å². The van der Waals surface area contributed by atoms with E-state index in [1.165, 1.54) is 11.1 Å². The lowest BCUT2D eigenvalue weighted by Gasteiger charge is -2.26. The molecule has 4 rings (SSSR count). The summed E-state index contributed by atoms with van der Waals surface area (Å²) in [6, 6.07) is 16.4. The molecule has 0 saturated carbocycles. The first kappa shape index (κ1) is 15.0. The highest BCUT2D eigenvalue weighted by Gasteiger charge is 2.14. The Kier molecular flexibility index (Phi) is 4.09. The van der Waals surface area contributed by atoms with Crippen LogP contribution >= 0.6 is 0 Å². The third-order valence-corrected chi connectivity index (χ3v) is 4.94. The molecule has 24 heavy (non-hydrogen) atoms. The van der Waals surface area contributed by atoms with Crippen LogP contribution in [-0.4, -0.2) is 34.6 Å². The van der Waals surface area contributed by atoms with Gasteiger partial charge in [-0.15, -0.1) is 0 Å². The van der Waals surface area contributed by atoms with Crippen molar-refractivity contribution in [1.29, 1.82) is 0 Å². The number of aromatic nitrogens is 1. The van der Waals surface area contributed by atoms with Crippen LogP contribution in [-0.2, 0) is 6.42 Å². The van der Waals surface area contributed by atoms with Crippen LogP contribution in [0.3, 0.4) is 0 Å². The molecule has 0 unspecified atom stereocenters. The summed E-state index contributed by atoms with van der Waals surface area (Å²) in [5.41, 5.74) is 4.92. The number of nitrogens with one attached hydrogen (secondary N) is 1. The van der Waals surface area contributed by atoms with Crippen molar-refractivity contribution in [3.05, 3.63) is 71.9 Å². The van der Waals surface area contributed by atoms with Gasteiger partial charge in [-0.2, -0.15) is 0 Å². The van der Waals surface area contributed by atoms with Gasteiger partial charge in [0.2, 0.25) is 0 Å². The molecule has 2 aromatic carbocycles. The first-order chi connectivity index (χ1) is 11.8. The Balaban J connectivity index is 1.43. The molecule has 122 valence electrons. The van der Waals surface area contributed by atoms with Crippen LogP contribution in [0.2, 0.25) is 0 Å². The summed E-state index contributed by atoms with van der Waals surface area (Å²) in [7, 11) is 0. The summed E-state index contributed by atoms with van der Waals surface area (Å²) < 4.78 is 0. The molecule has 0 bridgehead atoms. The highest BCUT2D eigenvalue weighted by atomic mass is 16.3. The number of phenols is 1. The molecule has 0 radical (unpaired) electrons. The van der Waals surface area contributed by atoms with Crippen LogP contribution in [0.25, 0.3) is 16.5 Å². The van der Waals surface area contributed by atoms with Crippen LogP contribution in [0.15, 0.2) is 60.8 Å². The minimum absolute atomic E-state index is 0.402. The van der Waals surface area contributed by atoms with E-state index >= 15 is 0 Å². The van der Waals surface area contributed by atoms with Gasteiger partial charge in [0.05, 0.1) is 0 Å². The van der Waals surface area contributed by atoms with E-state index in [4.69, 9.17) is 0 Å². The molecule has 3 nitrogen and oxygen atoms in total. The maximum absolute atomic E-state index is 10.2. The second-order valence-electron chi connectivity index (χ2n) is 6.40. The fourth-order valence-corrected chi connectivity index (χ4v) is 3.55. The minimum Gasteiger partial charge on any atom is -0.508 e. The molecule has 2 N–H and O–H groups in total. The molecule has 2 heterocycles. The van der Waals surface area contributed by atoms with E-state index in [1.54, 1.807) is 6.07 Å². The van der Waals surface area contributed by atoms with Gasteiger partial charge >= 0.3 is 0 Å². The largest absolute Gasteiger partial charge is 0.508 e. The molecular formula is C21H22N2O. The van der Waals surface area contributed by atoms with Gasteiger partial charge in [0.15, 0.2) is 0 Å². The number of fused-ring (bicyclic) bond motifs is 1. The average Bonchev–Trinajstić information content (AvgIpc) is 3.11. The van der Waals surface area contributed by atoms with Crippen molar-refractivity contribution in [3.8, 4) is 5.75 Å². The number of aromatic hydroxyl groups is 1. The Morgan fingerprint density at radius 3 is 2.71 bits per heavy atom. The molecule has 1 aliphatic rings. The van der Waals surface area contributed by atoms with Gasteiger partial charge < -0.3 is 10.1 Å². The van der Waals surface area contributed by atoms with E-state index < -0.39 is 0 Å². The summed E-state index contributed by atoms with van der Waals surface area (Å²) in [6.45, 7) is 3.02. The van der Waals surface area contributed by atoms with E-state index in [9.17, 15) is 5.11 Å². The van der Waals surface area contributed by atoms with Crippen LogP contribution in [0, 0.1) is 0 Å². The first-order valence-corrected chi connectivity index (χ1v) is 8.56. The Labute approximate surface area is 142 Å². The van der Waals surface area contributed by atoms with Crippen LogP contribution in [0.1, 0.15) is 17.5 Å². The van der Waals surface area contributed by atoms with Gasteiger partial charge in [0, 0.05) is 42.3 Å². The second-order valence-corrected chi connectivity index (χ2v) is 6.40. The number of H-pyrrole nitrogens is 1. The van der Waals surface area contributed by atoms with E-state index in [2.05, 4.69) is 46.3 Å². The number of benzene rings is 2. The monoisotopic (exact) mass is 318 g/mol. The quantitative estimate of drug-likeness (QED) is 0.756. The summed E-state index contributed by atoms with van der Waals surface area (Å²) in [5.74, 6) is 0.402. The third kappa shape index (κ3) is 2.95. The smallest absolute Gasteiger partial charge is 0.119 e. The van der Waals surface area contributed by atoms with Crippen LogP contribution in [0.4, 0.5) is 0 Å². The van der Waals surface area contributed by atoms with Crippen molar-refractivity contribution in [2.75, 3.05) is 19.6 Å². The Morgan fingerprint density at radius 1 is 1.04 bits per heavy atom. The lowest BCUT2D eigenvalue weighted by molar-refractivity contribution is 0.304. The normalized spacial score (nSPS) is 15.6. The number of rotatable bonds is 4. The van der Waals surface area contributed by atoms with Crippen LogP contribution < -0.4 is 0 Å². The highest BCUT2D eigenvalue weighted by molar-refractivity contribution is 5.85. The molecule has 0 amide bonds. The molecule has 0 spiro atoms. The fourth-order valence-electron chi connectivity index (χ4n) is 3.55. The van der Waals surface area contributed by atoms with Crippen molar-refractivity contribution in [2.24, 2.45) is 0 Å². The predicted octanol–water partition coefficient (Wildman–Crippen LogP) is 4.21. The van der Waals surface area contributed by atoms with E-state index in [0.717, 1.165) is 48.9 Å². The van der Waals surface area contributed by atoms with Crippen molar-refractivity contribution >= 4 is 16.5 Å². The fraction of sp³-hybridized carbons (Fsp3) is 0.238. The molecule has 1 aromatic heterocycles. The predicted molar refractivity (Wildman–Crippen MR) is 99.1 cm³/mol. The number of nitrogens with zero attached hydrogens (tertiary/aromatic N) is 1. The average molecular weight is 318 g/mol. The Hall–Kier alpha value is -2.52. The molecule has 0 saturated heterocycles. The standard InChI is InChI=1S/C21H22N2O/c24-21-7-6-20-18(8-12-22-20)19(21)11-15-23-13-9-17(10-14-23)16-4-2-1-3-5-16/h1-9,12,22,24H,10-11,13-15H2. The summed E-state index contributed by atoms with van der Waals surface area (Å²) in [5, 5.41) is 11.3. The number of hydrogen-bond donors (Lipinski definition) is 2. The van der Waals surface area contributed by atoms with Gasteiger partial charge in [-0.1, -0.05) is 36.4 Å². The van der Waals surface area contributed by atoms with E-state index in [1.807, 2.05) is 18.3 Å². The number of hydrogen-bond acceptors (Lipinski definition) is 2. The minimum atomic E-state index is 0.402. The van der Waals surface area contributed by atoms with Crippen LogP contribution in [0.5, 0.6) is 5.75 Å². The Bertz CT molecular complexity index is 864. The highest BCUT2D eigenvalue weighted by Crippen LogP contribution is 2.28. The topological polar surface area (TPSA) is 39.3 Å².